The van der Waals surface area contributed by atoms with Gasteiger partial charge in [0.15, 0.2) is 5.96 Å². The number of hydrogen-bond donors (Lipinski definition) is 2. The second-order valence-electron chi connectivity index (χ2n) is 6.40. The van der Waals surface area contributed by atoms with E-state index in [2.05, 4.69) is 22.5 Å². The molecule has 0 radical (unpaired) electrons. The average Bonchev–Trinajstić information content (AvgIpc) is 3.04. The number of carbonyl (C=O) groups is 1. The van der Waals surface area contributed by atoms with Crippen molar-refractivity contribution in [3.05, 3.63) is 24.2 Å². The van der Waals surface area contributed by atoms with Gasteiger partial charge in [0.25, 0.3) is 0 Å². The van der Waals surface area contributed by atoms with Crippen molar-refractivity contribution in [2.45, 2.75) is 45.2 Å². The van der Waals surface area contributed by atoms with Crippen molar-refractivity contribution in [3.63, 3.8) is 0 Å². The molecular formula is C17H28N4O2. The van der Waals surface area contributed by atoms with Crippen LogP contribution in [0.3, 0.4) is 0 Å². The number of aliphatic imine (C=N–C) groups is 1. The summed E-state index contributed by atoms with van der Waals surface area (Å²) in [6.07, 6.45) is 6.57. The summed E-state index contributed by atoms with van der Waals surface area (Å²) in [7, 11) is 3.48. The summed E-state index contributed by atoms with van der Waals surface area (Å²) in [4.78, 5) is 17.8. The molecule has 2 rings (SSSR count). The summed E-state index contributed by atoms with van der Waals surface area (Å²) in [5.74, 6) is 2.12. The van der Waals surface area contributed by atoms with Crippen LogP contribution in [0.4, 0.5) is 0 Å². The van der Waals surface area contributed by atoms with Crippen molar-refractivity contribution in [2.24, 2.45) is 10.9 Å². The minimum Gasteiger partial charge on any atom is -0.467 e. The fourth-order valence-corrected chi connectivity index (χ4v) is 2.73. The second kappa shape index (κ2) is 8.60. The Kier molecular flexibility index (Phi) is 6.50. The highest BCUT2D eigenvalue weighted by molar-refractivity contribution is 5.84. The summed E-state index contributed by atoms with van der Waals surface area (Å²) in [6, 6.07) is 4.18. The number of guanidine groups is 1. The monoisotopic (exact) mass is 320 g/mol. The van der Waals surface area contributed by atoms with E-state index in [-0.39, 0.29) is 12.5 Å². The largest absolute Gasteiger partial charge is 0.467 e. The van der Waals surface area contributed by atoms with Crippen LogP contribution in [-0.4, -0.2) is 43.4 Å². The highest BCUT2D eigenvalue weighted by Gasteiger charge is 2.22. The number of nitrogens with zero attached hydrogens (tertiary/aromatic N) is 2. The van der Waals surface area contributed by atoms with Gasteiger partial charge in [0.1, 0.15) is 12.3 Å². The van der Waals surface area contributed by atoms with E-state index in [1.54, 1.807) is 25.3 Å². The number of nitrogens with one attached hydrogen (secondary N) is 2. The maximum Gasteiger partial charge on any atom is 0.243 e. The maximum atomic E-state index is 11.8. The van der Waals surface area contributed by atoms with E-state index in [1.165, 1.54) is 19.3 Å². The van der Waals surface area contributed by atoms with Crippen LogP contribution >= 0.6 is 0 Å². The van der Waals surface area contributed by atoms with Crippen LogP contribution in [0.15, 0.2) is 27.8 Å². The van der Waals surface area contributed by atoms with Gasteiger partial charge in [-0.2, -0.15) is 0 Å². The van der Waals surface area contributed by atoms with Gasteiger partial charge in [0, 0.05) is 20.1 Å². The third-order valence-electron chi connectivity index (χ3n) is 4.31. The smallest absolute Gasteiger partial charge is 0.243 e. The summed E-state index contributed by atoms with van der Waals surface area (Å²) >= 11 is 0. The van der Waals surface area contributed by atoms with E-state index in [0.717, 1.165) is 12.2 Å². The zero-order valence-electron chi connectivity index (χ0n) is 14.3. The van der Waals surface area contributed by atoms with Crippen LogP contribution in [0, 0.1) is 5.92 Å². The first-order valence-corrected chi connectivity index (χ1v) is 8.33. The van der Waals surface area contributed by atoms with Crippen molar-refractivity contribution in [1.29, 1.82) is 0 Å². The highest BCUT2D eigenvalue weighted by Crippen LogP contribution is 2.23. The zero-order chi connectivity index (χ0) is 16.7. The summed E-state index contributed by atoms with van der Waals surface area (Å²) in [6.45, 7) is 2.96. The minimum atomic E-state index is -0.0132. The van der Waals surface area contributed by atoms with Crippen LogP contribution in [0.2, 0.25) is 0 Å². The molecule has 0 saturated heterocycles. The van der Waals surface area contributed by atoms with Crippen molar-refractivity contribution in [3.8, 4) is 0 Å². The Labute approximate surface area is 138 Å². The van der Waals surface area contributed by atoms with Gasteiger partial charge in [-0.1, -0.05) is 19.8 Å². The molecule has 1 amide bonds. The molecule has 0 aromatic carbocycles. The molecule has 1 fully saturated rings. The highest BCUT2D eigenvalue weighted by atomic mass is 16.3. The van der Waals surface area contributed by atoms with E-state index in [9.17, 15) is 4.79 Å². The Hall–Kier alpha value is -1.98. The summed E-state index contributed by atoms with van der Waals surface area (Å²) in [5.41, 5.74) is 0. The third-order valence-corrected chi connectivity index (χ3v) is 4.31. The lowest BCUT2D eigenvalue weighted by Gasteiger charge is -2.30. The molecule has 2 atom stereocenters. The summed E-state index contributed by atoms with van der Waals surface area (Å²) < 4.78 is 5.34. The molecule has 1 aromatic heterocycles. The van der Waals surface area contributed by atoms with Gasteiger partial charge >= 0.3 is 0 Å². The third kappa shape index (κ3) is 5.62. The summed E-state index contributed by atoms with van der Waals surface area (Å²) in [5, 5.41) is 6.75. The van der Waals surface area contributed by atoms with Gasteiger partial charge in [0.05, 0.1) is 12.8 Å². The van der Waals surface area contributed by atoms with Gasteiger partial charge in [-0.05, 0) is 30.9 Å². The van der Waals surface area contributed by atoms with Crippen LogP contribution in [0.5, 0.6) is 0 Å². The topological polar surface area (TPSA) is 69.9 Å². The SMILES string of the molecule is CC1CCCCC1NC(=NCC(=O)N(C)C)NCc1ccco1. The molecule has 0 bridgehead atoms. The number of amides is 1. The molecule has 1 saturated carbocycles. The predicted molar refractivity (Wildman–Crippen MR) is 91.1 cm³/mol. The van der Waals surface area contributed by atoms with Gasteiger partial charge < -0.3 is 20.0 Å². The minimum absolute atomic E-state index is 0.0132. The van der Waals surface area contributed by atoms with E-state index in [4.69, 9.17) is 4.42 Å². The normalized spacial score (nSPS) is 21.8. The number of hydrogen-bond acceptors (Lipinski definition) is 3. The van der Waals surface area contributed by atoms with Gasteiger partial charge in [-0.25, -0.2) is 4.99 Å². The van der Waals surface area contributed by atoms with Crippen LogP contribution in [-0.2, 0) is 11.3 Å². The Morgan fingerprint density at radius 3 is 2.83 bits per heavy atom. The van der Waals surface area contributed by atoms with E-state index in [1.807, 2.05) is 12.1 Å². The molecule has 2 unspecified atom stereocenters. The Bertz CT molecular complexity index is 511. The van der Waals surface area contributed by atoms with Crippen molar-refractivity contribution in [1.82, 2.24) is 15.5 Å². The second-order valence-corrected chi connectivity index (χ2v) is 6.40. The fourth-order valence-electron chi connectivity index (χ4n) is 2.73. The molecule has 1 aromatic rings. The molecule has 6 nitrogen and oxygen atoms in total. The lowest BCUT2D eigenvalue weighted by molar-refractivity contribution is -0.127. The quantitative estimate of drug-likeness (QED) is 0.643. The molecule has 1 heterocycles. The van der Waals surface area contributed by atoms with Crippen LogP contribution in [0.25, 0.3) is 0 Å². The number of furan rings is 1. The van der Waals surface area contributed by atoms with E-state index < -0.39 is 0 Å². The Morgan fingerprint density at radius 2 is 2.17 bits per heavy atom. The first-order valence-electron chi connectivity index (χ1n) is 8.33. The fraction of sp³-hybridized carbons (Fsp3) is 0.647. The average molecular weight is 320 g/mol. The number of likely N-dealkylation sites (N-methyl/N-ethyl adjacent to an activating group) is 1. The van der Waals surface area contributed by atoms with Crippen molar-refractivity contribution < 1.29 is 9.21 Å². The van der Waals surface area contributed by atoms with Gasteiger partial charge in [-0.15, -0.1) is 0 Å². The van der Waals surface area contributed by atoms with Crippen molar-refractivity contribution >= 4 is 11.9 Å². The zero-order valence-corrected chi connectivity index (χ0v) is 14.3. The molecule has 128 valence electrons. The number of carbonyl (C=O) groups excluding carboxylic acids is 1. The molecular weight excluding hydrogens is 292 g/mol. The predicted octanol–water partition coefficient (Wildman–Crippen LogP) is 1.98. The lowest BCUT2D eigenvalue weighted by Crippen LogP contribution is -2.47. The first-order chi connectivity index (χ1) is 11.1. The molecule has 0 spiro atoms. The molecule has 23 heavy (non-hydrogen) atoms. The molecule has 0 aliphatic heterocycles. The van der Waals surface area contributed by atoms with Crippen molar-refractivity contribution in [2.75, 3.05) is 20.6 Å². The molecule has 1 aliphatic carbocycles. The van der Waals surface area contributed by atoms with Gasteiger partial charge in [0.2, 0.25) is 5.91 Å². The molecule has 2 N–H and O–H groups in total. The maximum absolute atomic E-state index is 11.8. The number of rotatable bonds is 5. The Morgan fingerprint density at radius 1 is 1.39 bits per heavy atom. The first kappa shape index (κ1) is 17.4. The lowest BCUT2D eigenvalue weighted by atomic mass is 9.86. The van der Waals surface area contributed by atoms with Crippen LogP contribution < -0.4 is 10.6 Å². The molecule has 1 aliphatic rings. The Balaban J connectivity index is 1.97. The molecule has 6 heteroatoms. The van der Waals surface area contributed by atoms with Crippen LogP contribution in [0.1, 0.15) is 38.4 Å². The standard InChI is InChI=1S/C17H28N4O2/c1-13-7-4-5-9-15(13)20-17(19-12-16(22)21(2)3)18-11-14-8-6-10-23-14/h6,8,10,13,15H,4-5,7,9,11-12H2,1-3H3,(H2,18,19,20). The van der Waals surface area contributed by atoms with E-state index in [0.29, 0.717) is 24.5 Å². The van der Waals surface area contributed by atoms with E-state index >= 15 is 0 Å². The van der Waals surface area contributed by atoms with Gasteiger partial charge in [-0.3, -0.25) is 4.79 Å².